The zero-order valence-electron chi connectivity index (χ0n) is 14.4. The van der Waals surface area contributed by atoms with Gasteiger partial charge in [-0.1, -0.05) is 36.4 Å². The highest BCUT2D eigenvalue weighted by Crippen LogP contribution is 2.16. The van der Waals surface area contributed by atoms with Crippen molar-refractivity contribution < 1.29 is 13.2 Å². The molecule has 2 aromatic carbocycles. The number of rotatable bonds is 4. The van der Waals surface area contributed by atoms with Crippen LogP contribution in [0.2, 0.25) is 0 Å². The van der Waals surface area contributed by atoms with E-state index in [0.717, 1.165) is 11.8 Å². The molecule has 0 saturated carbocycles. The van der Waals surface area contributed by atoms with Crippen molar-refractivity contribution in [3.63, 3.8) is 0 Å². The highest BCUT2D eigenvalue weighted by molar-refractivity contribution is 7.90. The number of aromatic nitrogens is 1. The summed E-state index contributed by atoms with van der Waals surface area (Å²) in [5.41, 5.74) is 2.10. The van der Waals surface area contributed by atoms with Gasteiger partial charge in [-0.3, -0.25) is 4.79 Å². The molecule has 1 aromatic heterocycles. The molecule has 0 fully saturated rings. The van der Waals surface area contributed by atoms with Gasteiger partial charge >= 0.3 is 0 Å². The number of nitrogens with zero attached hydrogens (tertiary/aromatic N) is 2. The zero-order valence-corrected chi connectivity index (χ0v) is 16.0. The molecule has 0 atom stereocenters. The lowest BCUT2D eigenvalue weighted by atomic mass is 10.1. The quantitative estimate of drug-likeness (QED) is 0.692. The fourth-order valence-electron chi connectivity index (χ4n) is 2.50. The molecule has 0 bridgehead atoms. The van der Waals surface area contributed by atoms with E-state index in [-0.39, 0.29) is 4.90 Å². The van der Waals surface area contributed by atoms with Crippen LogP contribution in [0.1, 0.15) is 21.5 Å². The van der Waals surface area contributed by atoms with Gasteiger partial charge < -0.3 is 4.57 Å². The molecule has 1 heterocycles. The molecular formula is C19H18N2O3S2. The molecule has 0 radical (unpaired) electrons. The maximum atomic E-state index is 12.6. The molecule has 134 valence electrons. The normalized spacial score (nSPS) is 12.3. The molecule has 1 amide bonds. The van der Waals surface area contributed by atoms with Crippen LogP contribution in [0, 0.1) is 6.92 Å². The minimum absolute atomic E-state index is 0.116. The first-order valence-corrected chi connectivity index (χ1v) is 10.7. The van der Waals surface area contributed by atoms with Crippen molar-refractivity contribution in [3.8, 4) is 0 Å². The molecule has 0 aliphatic rings. The van der Waals surface area contributed by atoms with E-state index in [1.54, 1.807) is 13.0 Å². The Hall–Kier alpha value is -2.51. The molecule has 0 saturated heterocycles. The van der Waals surface area contributed by atoms with Crippen molar-refractivity contribution in [3.05, 3.63) is 81.6 Å². The second kappa shape index (κ2) is 7.39. The highest BCUT2D eigenvalue weighted by Gasteiger charge is 2.14. The average Bonchev–Trinajstić information content (AvgIpc) is 3.02. The number of benzene rings is 2. The van der Waals surface area contributed by atoms with Gasteiger partial charge in [0.25, 0.3) is 5.91 Å². The summed E-state index contributed by atoms with van der Waals surface area (Å²) < 4.78 is 25.4. The first-order valence-electron chi connectivity index (χ1n) is 7.92. The lowest BCUT2D eigenvalue weighted by molar-refractivity contribution is 0.0997. The van der Waals surface area contributed by atoms with Gasteiger partial charge in [0.2, 0.25) is 0 Å². The van der Waals surface area contributed by atoms with Crippen LogP contribution in [-0.2, 0) is 16.4 Å². The van der Waals surface area contributed by atoms with Crippen LogP contribution < -0.4 is 4.80 Å². The number of carbonyl (C=O) groups is 1. The smallest absolute Gasteiger partial charge is 0.279 e. The number of carbonyl (C=O) groups excluding carboxylic acids is 1. The molecule has 7 heteroatoms. The van der Waals surface area contributed by atoms with E-state index in [9.17, 15) is 13.2 Å². The second-order valence-corrected chi connectivity index (χ2v) is 8.85. The molecule has 0 unspecified atom stereocenters. The summed E-state index contributed by atoms with van der Waals surface area (Å²) in [5, 5.41) is 1.87. The Morgan fingerprint density at radius 3 is 2.58 bits per heavy atom. The van der Waals surface area contributed by atoms with E-state index in [2.05, 4.69) is 4.99 Å². The molecule has 0 aliphatic heterocycles. The van der Waals surface area contributed by atoms with Crippen LogP contribution in [0.3, 0.4) is 0 Å². The zero-order chi connectivity index (χ0) is 18.7. The van der Waals surface area contributed by atoms with Crippen molar-refractivity contribution in [2.75, 3.05) is 6.26 Å². The topological polar surface area (TPSA) is 68.5 Å². The first-order chi connectivity index (χ1) is 12.3. The van der Waals surface area contributed by atoms with Crippen LogP contribution in [0.4, 0.5) is 0 Å². The fraction of sp³-hybridized carbons (Fsp3) is 0.158. The average molecular weight is 386 g/mol. The number of sulfone groups is 1. The van der Waals surface area contributed by atoms with Crippen molar-refractivity contribution >= 4 is 27.1 Å². The molecule has 0 N–H and O–H groups in total. The summed E-state index contributed by atoms with van der Waals surface area (Å²) in [6.45, 7) is 2.38. The number of aryl methyl sites for hydroxylation is 1. The predicted molar refractivity (Wildman–Crippen MR) is 102 cm³/mol. The summed E-state index contributed by atoms with van der Waals surface area (Å²) in [6, 6.07) is 14.4. The van der Waals surface area contributed by atoms with Gasteiger partial charge in [0.15, 0.2) is 14.6 Å². The van der Waals surface area contributed by atoms with Crippen LogP contribution >= 0.6 is 11.3 Å². The molecule has 3 aromatic rings. The van der Waals surface area contributed by atoms with Crippen molar-refractivity contribution in [2.45, 2.75) is 18.4 Å². The van der Waals surface area contributed by atoms with E-state index >= 15 is 0 Å². The summed E-state index contributed by atoms with van der Waals surface area (Å²) >= 11 is 1.36. The van der Waals surface area contributed by atoms with Crippen LogP contribution in [0.25, 0.3) is 0 Å². The lowest BCUT2D eigenvalue weighted by Gasteiger charge is -2.05. The van der Waals surface area contributed by atoms with Gasteiger partial charge in [-0.15, -0.1) is 11.3 Å². The number of hydrogen-bond donors (Lipinski definition) is 0. The Balaban J connectivity index is 1.97. The third-order valence-corrected chi connectivity index (χ3v) is 5.83. The van der Waals surface area contributed by atoms with Gasteiger partial charge in [-0.25, -0.2) is 8.42 Å². The fourth-order valence-corrected chi connectivity index (χ4v) is 3.87. The standard InChI is InChI=1S/C19H18N2O3S2/c1-14-8-9-16(26(2,23)24)12-17(14)18(22)20-19-21(10-11-25-19)13-15-6-4-3-5-7-15/h3-12H,13H2,1-2H3. The second-order valence-electron chi connectivity index (χ2n) is 5.96. The van der Waals surface area contributed by atoms with Crippen molar-refractivity contribution in [2.24, 2.45) is 4.99 Å². The Morgan fingerprint density at radius 2 is 1.88 bits per heavy atom. The Bertz CT molecular complexity index is 1110. The van der Waals surface area contributed by atoms with Crippen LogP contribution in [0.15, 0.2) is 70.0 Å². The van der Waals surface area contributed by atoms with Crippen molar-refractivity contribution in [1.82, 2.24) is 4.57 Å². The molecular weight excluding hydrogens is 368 g/mol. The predicted octanol–water partition coefficient (Wildman–Crippen LogP) is 3.05. The van der Waals surface area contributed by atoms with Gasteiger partial charge in [0.05, 0.1) is 4.90 Å². The molecule has 0 spiro atoms. The van der Waals surface area contributed by atoms with E-state index in [4.69, 9.17) is 0 Å². The summed E-state index contributed by atoms with van der Waals surface area (Å²) in [4.78, 5) is 17.6. The largest absolute Gasteiger partial charge is 0.319 e. The summed E-state index contributed by atoms with van der Waals surface area (Å²) in [7, 11) is -3.38. The van der Waals surface area contributed by atoms with Gasteiger partial charge in [0.1, 0.15) is 0 Å². The van der Waals surface area contributed by atoms with E-state index < -0.39 is 15.7 Å². The van der Waals surface area contributed by atoms with Gasteiger partial charge in [-0.2, -0.15) is 4.99 Å². The molecule has 0 aliphatic carbocycles. The molecule has 5 nitrogen and oxygen atoms in total. The Labute approximate surface area is 156 Å². The van der Waals surface area contributed by atoms with Gasteiger partial charge in [0, 0.05) is 29.9 Å². The van der Waals surface area contributed by atoms with E-state index in [0.29, 0.717) is 22.5 Å². The third-order valence-electron chi connectivity index (χ3n) is 3.92. The SMILES string of the molecule is Cc1ccc(S(C)(=O)=O)cc1C(=O)N=c1sccn1Cc1ccccc1. The maximum Gasteiger partial charge on any atom is 0.279 e. The Morgan fingerprint density at radius 1 is 1.15 bits per heavy atom. The number of hydrogen-bond acceptors (Lipinski definition) is 4. The van der Waals surface area contributed by atoms with Crippen LogP contribution in [0.5, 0.6) is 0 Å². The maximum absolute atomic E-state index is 12.6. The number of amides is 1. The molecule has 3 rings (SSSR count). The highest BCUT2D eigenvalue weighted by atomic mass is 32.2. The summed E-state index contributed by atoms with van der Waals surface area (Å²) in [5.74, 6) is -0.447. The monoisotopic (exact) mass is 386 g/mol. The first kappa shape index (κ1) is 18.3. The minimum atomic E-state index is -3.38. The Kier molecular flexibility index (Phi) is 5.20. The van der Waals surface area contributed by atoms with Crippen molar-refractivity contribution in [1.29, 1.82) is 0 Å². The number of thiazole rings is 1. The lowest BCUT2D eigenvalue weighted by Crippen LogP contribution is -2.17. The summed E-state index contributed by atoms with van der Waals surface area (Å²) in [6.07, 6.45) is 3.00. The van der Waals surface area contributed by atoms with Crippen LogP contribution in [-0.4, -0.2) is 25.1 Å². The van der Waals surface area contributed by atoms with E-state index in [1.807, 2.05) is 46.5 Å². The molecule has 26 heavy (non-hydrogen) atoms. The van der Waals surface area contributed by atoms with E-state index in [1.165, 1.54) is 23.5 Å². The minimum Gasteiger partial charge on any atom is -0.319 e. The van der Waals surface area contributed by atoms with Gasteiger partial charge in [-0.05, 0) is 30.2 Å². The third kappa shape index (κ3) is 4.17.